The number of carbonyl (C=O) groups is 3. The van der Waals surface area contributed by atoms with Crippen molar-refractivity contribution < 1.29 is 24.2 Å². The molecule has 1 saturated carbocycles. The summed E-state index contributed by atoms with van der Waals surface area (Å²) in [5.41, 5.74) is 5.03. The van der Waals surface area contributed by atoms with Gasteiger partial charge in [-0.2, -0.15) is 0 Å². The summed E-state index contributed by atoms with van der Waals surface area (Å²) in [6.07, 6.45) is 3.16. The van der Waals surface area contributed by atoms with E-state index in [0.717, 1.165) is 12.8 Å². The molecule has 0 bridgehead atoms. The van der Waals surface area contributed by atoms with Gasteiger partial charge in [0.25, 0.3) is 0 Å². The lowest BCUT2D eigenvalue weighted by Crippen LogP contribution is -2.50. The highest BCUT2D eigenvalue weighted by molar-refractivity contribution is 5.88. The summed E-state index contributed by atoms with van der Waals surface area (Å²) >= 11 is 0. The van der Waals surface area contributed by atoms with Crippen LogP contribution in [-0.4, -0.2) is 42.6 Å². The second-order valence-electron chi connectivity index (χ2n) is 5.17. The van der Waals surface area contributed by atoms with Crippen LogP contribution >= 0.6 is 0 Å². The van der Waals surface area contributed by atoms with E-state index in [0.29, 0.717) is 12.8 Å². The van der Waals surface area contributed by atoms with Crippen LogP contribution in [-0.2, 0) is 19.1 Å². The topological polar surface area (TPSA) is 119 Å². The second kappa shape index (κ2) is 7.23. The van der Waals surface area contributed by atoms with E-state index in [-0.39, 0.29) is 25.3 Å². The van der Waals surface area contributed by atoms with Gasteiger partial charge in [-0.25, -0.2) is 4.79 Å². The molecular weight excluding hydrogens is 264 g/mol. The van der Waals surface area contributed by atoms with Gasteiger partial charge in [0.15, 0.2) is 0 Å². The van der Waals surface area contributed by atoms with Gasteiger partial charge in [0, 0.05) is 13.0 Å². The Balaban J connectivity index is 2.63. The van der Waals surface area contributed by atoms with E-state index in [1.807, 2.05) is 0 Å². The molecule has 1 amide bonds. The van der Waals surface area contributed by atoms with Crippen molar-refractivity contribution >= 4 is 17.8 Å². The van der Waals surface area contributed by atoms with Crippen LogP contribution in [0.1, 0.15) is 38.5 Å². The van der Waals surface area contributed by atoms with Crippen molar-refractivity contribution in [3.8, 4) is 0 Å². The highest BCUT2D eigenvalue weighted by Gasteiger charge is 2.41. The minimum atomic E-state index is -1.16. The Bertz CT molecular complexity index is 377. The first-order valence-corrected chi connectivity index (χ1v) is 6.76. The summed E-state index contributed by atoms with van der Waals surface area (Å²) in [5, 5.41) is 11.6. The molecule has 0 aromatic carbocycles. The smallest absolute Gasteiger partial charge is 0.326 e. The number of carboxylic acid groups (broad SMARTS) is 1. The van der Waals surface area contributed by atoms with E-state index in [1.165, 1.54) is 7.11 Å². The quantitative estimate of drug-likeness (QED) is 0.568. The maximum atomic E-state index is 12.3. The van der Waals surface area contributed by atoms with Crippen molar-refractivity contribution in [2.45, 2.75) is 44.6 Å². The lowest BCUT2D eigenvalue weighted by atomic mass is 9.85. The van der Waals surface area contributed by atoms with Crippen molar-refractivity contribution in [1.82, 2.24) is 5.32 Å². The Kier molecular flexibility index (Phi) is 5.94. The Morgan fingerprint density at radius 1 is 1.35 bits per heavy atom. The van der Waals surface area contributed by atoms with Gasteiger partial charge in [-0.05, 0) is 19.3 Å². The number of carbonyl (C=O) groups excluding carboxylic acids is 2. The number of esters is 1. The van der Waals surface area contributed by atoms with Gasteiger partial charge < -0.3 is 20.9 Å². The molecule has 20 heavy (non-hydrogen) atoms. The zero-order chi connectivity index (χ0) is 15.2. The molecule has 1 rings (SSSR count). The number of nitrogens with two attached hydrogens (primary N) is 1. The van der Waals surface area contributed by atoms with Crippen LogP contribution in [0.5, 0.6) is 0 Å². The molecular formula is C13H22N2O5. The van der Waals surface area contributed by atoms with E-state index in [2.05, 4.69) is 10.1 Å². The molecule has 1 aliphatic rings. The summed E-state index contributed by atoms with van der Waals surface area (Å²) in [7, 11) is 1.23. The Morgan fingerprint density at radius 2 is 1.95 bits per heavy atom. The molecule has 1 aliphatic carbocycles. The van der Waals surface area contributed by atoms with Crippen molar-refractivity contribution in [3.63, 3.8) is 0 Å². The third kappa shape index (κ3) is 3.93. The summed E-state index contributed by atoms with van der Waals surface area (Å²) in [5.74, 6) is -1.98. The number of amides is 1. The number of rotatable bonds is 7. The predicted molar refractivity (Wildman–Crippen MR) is 70.8 cm³/mol. The van der Waals surface area contributed by atoms with Crippen LogP contribution in [0.25, 0.3) is 0 Å². The molecule has 0 radical (unpaired) electrons. The zero-order valence-corrected chi connectivity index (χ0v) is 11.7. The van der Waals surface area contributed by atoms with Gasteiger partial charge in [-0.3, -0.25) is 9.59 Å². The molecule has 1 fully saturated rings. The third-order valence-electron chi connectivity index (χ3n) is 3.90. The molecule has 7 heteroatoms. The highest BCUT2D eigenvalue weighted by atomic mass is 16.5. The Morgan fingerprint density at radius 3 is 2.40 bits per heavy atom. The molecule has 0 unspecified atom stereocenters. The van der Waals surface area contributed by atoms with Crippen molar-refractivity contribution in [3.05, 3.63) is 0 Å². The molecule has 1 atom stereocenters. The molecule has 114 valence electrons. The van der Waals surface area contributed by atoms with Gasteiger partial charge in [0.2, 0.25) is 5.91 Å². The summed E-state index contributed by atoms with van der Waals surface area (Å²) in [6.45, 7) is 0.210. The van der Waals surface area contributed by atoms with E-state index >= 15 is 0 Å². The number of ether oxygens (including phenoxy) is 1. The van der Waals surface area contributed by atoms with E-state index < -0.39 is 23.4 Å². The maximum Gasteiger partial charge on any atom is 0.326 e. The lowest BCUT2D eigenvalue weighted by Gasteiger charge is -2.27. The fourth-order valence-electron chi connectivity index (χ4n) is 2.51. The molecule has 7 nitrogen and oxygen atoms in total. The van der Waals surface area contributed by atoms with Crippen molar-refractivity contribution in [2.24, 2.45) is 11.1 Å². The summed E-state index contributed by atoms with van der Waals surface area (Å²) < 4.78 is 4.46. The van der Waals surface area contributed by atoms with Crippen LogP contribution < -0.4 is 11.1 Å². The second-order valence-corrected chi connectivity index (χ2v) is 5.17. The number of carboxylic acids is 1. The minimum absolute atomic E-state index is 0.00833. The van der Waals surface area contributed by atoms with Crippen molar-refractivity contribution in [1.29, 1.82) is 0 Å². The standard InChI is InChI=1S/C13H22N2O5/c1-20-10(16)5-4-9(11(17)18)15-12(19)13(8-14)6-2-3-7-13/h9H,2-8,14H2,1H3,(H,15,19)(H,17,18)/t9-/m1/s1. The maximum absolute atomic E-state index is 12.3. The minimum Gasteiger partial charge on any atom is -0.480 e. The van der Waals surface area contributed by atoms with Crippen LogP contribution in [0.3, 0.4) is 0 Å². The zero-order valence-electron chi connectivity index (χ0n) is 11.7. The van der Waals surface area contributed by atoms with Crippen LogP contribution in [0.4, 0.5) is 0 Å². The number of aliphatic carboxylic acids is 1. The summed E-state index contributed by atoms with van der Waals surface area (Å²) in [6, 6.07) is -1.09. The first-order valence-electron chi connectivity index (χ1n) is 6.76. The molecule has 4 N–H and O–H groups in total. The molecule has 0 spiro atoms. The average molecular weight is 286 g/mol. The van der Waals surface area contributed by atoms with E-state index in [4.69, 9.17) is 10.8 Å². The van der Waals surface area contributed by atoms with Crippen molar-refractivity contribution in [2.75, 3.05) is 13.7 Å². The van der Waals surface area contributed by atoms with Crippen LogP contribution in [0, 0.1) is 5.41 Å². The van der Waals surface area contributed by atoms with E-state index in [1.54, 1.807) is 0 Å². The fourth-order valence-corrected chi connectivity index (χ4v) is 2.51. The molecule has 0 aliphatic heterocycles. The first-order chi connectivity index (χ1) is 9.45. The third-order valence-corrected chi connectivity index (χ3v) is 3.90. The largest absolute Gasteiger partial charge is 0.480 e. The normalized spacial score (nSPS) is 18.3. The Labute approximate surface area is 117 Å². The van der Waals surface area contributed by atoms with E-state index in [9.17, 15) is 14.4 Å². The van der Waals surface area contributed by atoms with Gasteiger partial charge in [0.1, 0.15) is 6.04 Å². The van der Waals surface area contributed by atoms with Crippen LogP contribution in [0.2, 0.25) is 0 Å². The average Bonchev–Trinajstić information content (AvgIpc) is 2.92. The molecule has 0 aromatic heterocycles. The fraction of sp³-hybridized carbons (Fsp3) is 0.769. The summed E-state index contributed by atoms with van der Waals surface area (Å²) in [4.78, 5) is 34.5. The lowest BCUT2D eigenvalue weighted by molar-refractivity contribution is -0.145. The number of hydrogen-bond donors (Lipinski definition) is 3. The number of hydrogen-bond acceptors (Lipinski definition) is 5. The molecule has 0 aromatic rings. The first kappa shape index (κ1) is 16.4. The van der Waals surface area contributed by atoms with Crippen LogP contribution in [0.15, 0.2) is 0 Å². The highest BCUT2D eigenvalue weighted by Crippen LogP contribution is 2.37. The number of methoxy groups -OCH3 is 1. The Hall–Kier alpha value is -1.63. The monoisotopic (exact) mass is 286 g/mol. The van der Waals surface area contributed by atoms with Gasteiger partial charge in [-0.1, -0.05) is 12.8 Å². The van der Waals surface area contributed by atoms with Gasteiger partial charge in [-0.15, -0.1) is 0 Å². The van der Waals surface area contributed by atoms with Gasteiger partial charge >= 0.3 is 11.9 Å². The predicted octanol–water partition coefficient (Wildman–Crippen LogP) is 0.0281. The molecule has 0 heterocycles. The molecule has 0 saturated heterocycles. The number of nitrogens with one attached hydrogen (secondary N) is 1. The van der Waals surface area contributed by atoms with Gasteiger partial charge in [0.05, 0.1) is 12.5 Å². The SMILES string of the molecule is COC(=O)CC[C@@H](NC(=O)C1(CN)CCCC1)C(=O)O.